The van der Waals surface area contributed by atoms with Crippen LogP contribution in [0.15, 0.2) is 12.2 Å². The molecular weight excluding hydrogens is 188 g/mol. The van der Waals surface area contributed by atoms with Crippen LogP contribution in [0.1, 0.15) is 6.92 Å². The summed E-state index contributed by atoms with van der Waals surface area (Å²) in [6.45, 7) is 0.992. The molecule has 0 aliphatic rings. The van der Waals surface area contributed by atoms with Gasteiger partial charge in [-0.1, -0.05) is 6.08 Å². The van der Waals surface area contributed by atoms with Gasteiger partial charge >= 0.3 is 5.97 Å². The third kappa shape index (κ3) is 4.36. The molecule has 0 aromatic carbocycles. The SMILES string of the molecule is COC(=O)/C=C/[C@H]([C@H](C)O)[C@@H](O)CO. The van der Waals surface area contributed by atoms with Gasteiger partial charge in [0.15, 0.2) is 0 Å². The highest BCUT2D eigenvalue weighted by atomic mass is 16.5. The van der Waals surface area contributed by atoms with Crippen LogP contribution in [0.2, 0.25) is 0 Å². The summed E-state index contributed by atoms with van der Waals surface area (Å²) >= 11 is 0. The number of carbonyl (C=O) groups excluding carboxylic acids is 1. The minimum absolute atomic E-state index is 0.471. The summed E-state index contributed by atoms with van der Waals surface area (Å²) in [6.07, 6.45) is 0.488. The first-order valence-electron chi connectivity index (χ1n) is 4.26. The number of ether oxygens (including phenoxy) is 1. The third-order valence-electron chi connectivity index (χ3n) is 1.84. The van der Waals surface area contributed by atoms with Crippen LogP contribution in [0.5, 0.6) is 0 Å². The summed E-state index contributed by atoms with van der Waals surface area (Å²) in [6, 6.07) is 0. The Bertz CT molecular complexity index is 199. The Morgan fingerprint density at radius 3 is 2.43 bits per heavy atom. The Morgan fingerprint density at radius 2 is 2.07 bits per heavy atom. The summed E-state index contributed by atoms with van der Waals surface area (Å²) in [4.78, 5) is 10.7. The minimum Gasteiger partial charge on any atom is -0.466 e. The van der Waals surface area contributed by atoms with Crippen LogP contribution >= 0.6 is 0 Å². The predicted molar refractivity (Wildman–Crippen MR) is 49.4 cm³/mol. The van der Waals surface area contributed by atoms with Crippen LogP contribution < -0.4 is 0 Å². The molecule has 5 nitrogen and oxygen atoms in total. The number of aliphatic hydroxyl groups excluding tert-OH is 3. The number of hydrogen-bond acceptors (Lipinski definition) is 5. The number of carbonyl (C=O) groups is 1. The minimum atomic E-state index is -1.09. The number of aliphatic hydroxyl groups is 3. The van der Waals surface area contributed by atoms with Crippen LogP contribution in [0.25, 0.3) is 0 Å². The summed E-state index contributed by atoms with van der Waals surface area (Å²) < 4.78 is 4.34. The molecule has 0 saturated heterocycles. The van der Waals surface area contributed by atoms with Crippen molar-refractivity contribution in [2.45, 2.75) is 19.1 Å². The monoisotopic (exact) mass is 204 g/mol. The van der Waals surface area contributed by atoms with Crippen molar-refractivity contribution in [1.29, 1.82) is 0 Å². The Morgan fingerprint density at radius 1 is 1.50 bits per heavy atom. The lowest BCUT2D eigenvalue weighted by molar-refractivity contribution is -0.134. The van der Waals surface area contributed by atoms with Gasteiger partial charge in [-0.05, 0) is 6.92 Å². The van der Waals surface area contributed by atoms with E-state index in [2.05, 4.69) is 4.74 Å². The smallest absolute Gasteiger partial charge is 0.330 e. The van der Waals surface area contributed by atoms with Crippen molar-refractivity contribution in [3.8, 4) is 0 Å². The topological polar surface area (TPSA) is 87.0 Å². The maximum Gasteiger partial charge on any atom is 0.330 e. The average molecular weight is 204 g/mol. The van der Waals surface area contributed by atoms with E-state index < -0.39 is 30.7 Å². The first-order valence-corrected chi connectivity index (χ1v) is 4.26. The van der Waals surface area contributed by atoms with Gasteiger partial charge in [-0.2, -0.15) is 0 Å². The third-order valence-corrected chi connectivity index (χ3v) is 1.84. The molecule has 0 spiro atoms. The van der Waals surface area contributed by atoms with Crippen molar-refractivity contribution in [2.24, 2.45) is 5.92 Å². The second-order valence-corrected chi connectivity index (χ2v) is 2.95. The molecule has 0 bridgehead atoms. The number of hydrogen-bond donors (Lipinski definition) is 3. The molecule has 0 heterocycles. The van der Waals surface area contributed by atoms with E-state index in [1.165, 1.54) is 20.1 Å². The van der Waals surface area contributed by atoms with E-state index in [0.29, 0.717) is 0 Å². The van der Waals surface area contributed by atoms with Gasteiger partial charge in [0, 0.05) is 12.0 Å². The molecule has 0 aromatic rings. The number of methoxy groups -OCH3 is 1. The second-order valence-electron chi connectivity index (χ2n) is 2.95. The molecule has 0 fully saturated rings. The molecule has 0 amide bonds. The molecule has 0 saturated carbocycles. The van der Waals surface area contributed by atoms with Crippen molar-refractivity contribution in [3.05, 3.63) is 12.2 Å². The van der Waals surface area contributed by atoms with Gasteiger partial charge in [0.05, 0.1) is 25.9 Å². The van der Waals surface area contributed by atoms with Gasteiger partial charge in [-0.3, -0.25) is 0 Å². The second kappa shape index (κ2) is 6.53. The lowest BCUT2D eigenvalue weighted by Crippen LogP contribution is -2.31. The maximum absolute atomic E-state index is 10.7. The quantitative estimate of drug-likeness (QED) is 0.397. The van der Waals surface area contributed by atoms with Crippen molar-refractivity contribution >= 4 is 5.97 Å². The van der Waals surface area contributed by atoms with Crippen LogP contribution in [-0.4, -0.2) is 47.2 Å². The van der Waals surface area contributed by atoms with E-state index in [4.69, 9.17) is 5.11 Å². The lowest BCUT2D eigenvalue weighted by atomic mass is 9.97. The molecule has 0 rings (SSSR count). The predicted octanol–water partition coefficient (Wildman–Crippen LogP) is -0.934. The molecule has 0 aliphatic heterocycles. The van der Waals surface area contributed by atoms with Crippen molar-refractivity contribution in [1.82, 2.24) is 0 Å². The van der Waals surface area contributed by atoms with Gasteiger partial charge in [0.2, 0.25) is 0 Å². The molecule has 0 unspecified atom stereocenters. The highest BCUT2D eigenvalue weighted by molar-refractivity contribution is 5.81. The zero-order chi connectivity index (χ0) is 11.1. The van der Waals surface area contributed by atoms with E-state index in [0.717, 1.165) is 6.08 Å². The maximum atomic E-state index is 10.7. The standard InChI is InChI=1S/C9H16O5/c1-6(11)7(8(12)5-10)3-4-9(13)14-2/h3-4,6-8,10-12H,5H2,1-2H3/b4-3+/t6-,7+,8-/m0/s1. The Labute approximate surface area is 82.6 Å². The Kier molecular flexibility index (Phi) is 6.11. The fourth-order valence-electron chi connectivity index (χ4n) is 0.990. The van der Waals surface area contributed by atoms with Crippen molar-refractivity contribution < 1.29 is 24.9 Å². The molecule has 14 heavy (non-hydrogen) atoms. The van der Waals surface area contributed by atoms with E-state index in [1.807, 2.05) is 0 Å². The normalized spacial score (nSPS) is 17.8. The van der Waals surface area contributed by atoms with Crippen LogP contribution in [0, 0.1) is 5.92 Å². The molecule has 0 aromatic heterocycles. The van der Waals surface area contributed by atoms with Gasteiger partial charge < -0.3 is 20.1 Å². The van der Waals surface area contributed by atoms with E-state index in [1.54, 1.807) is 0 Å². The van der Waals surface area contributed by atoms with Crippen molar-refractivity contribution in [2.75, 3.05) is 13.7 Å². The summed E-state index contributed by atoms with van der Waals surface area (Å²) in [7, 11) is 1.23. The van der Waals surface area contributed by atoms with Crippen LogP contribution in [0.3, 0.4) is 0 Å². The van der Waals surface area contributed by atoms with Gasteiger partial charge in [-0.15, -0.1) is 0 Å². The highest BCUT2D eigenvalue weighted by Gasteiger charge is 2.20. The number of esters is 1. The zero-order valence-electron chi connectivity index (χ0n) is 8.25. The molecule has 82 valence electrons. The Hall–Kier alpha value is -0.910. The van der Waals surface area contributed by atoms with Gasteiger partial charge in [0.25, 0.3) is 0 Å². The first-order chi connectivity index (χ1) is 6.52. The molecule has 3 atom stereocenters. The summed E-state index contributed by atoms with van der Waals surface area (Å²) in [5.41, 5.74) is 0. The highest BCUT2D eigenvalue weighted by Crippen LogP contribution is 2.11. The lowest BCUT2D eigenvalue weighted by Gasteiger charge is -2.20. The van der Waals surface area contributed by atoms with Gasteiger partial charge in [0.1, 0.15) is 0 Å². The largest absolute Gasteiger partial charge is 0.466 e. The molecular formula is C9H16O5. The molecule has 5 heteroatoms. The van der Waals surface area contributed by atoms with Crippen LogP contribution in [0.4, 0.5) is 0 Å². The van der Waals surface area contributed by atoms with Crippen LogP contribution in [-0.2, 0) is 9.53 Å². The van der Waals surface area contributed by atoms with E-state index in [9.17, 15) is 15.0 Å². The fourth-order valence-corrected chi connectivity index (χ4v) is 0.990. The molecule has 0 aliphatic carbocycles. The zero-order valence-corrected chi connectivity index (χ0v) is 8.25. The molecule has 0 radical (unpaired) electrons. The summed E-state index contributed by atoms with van der Waals surface area (Å²) in [5, 5.41) is 27.2. The van der Waals surface area contributed by atoms with Crippen molar-refractivity contribution in [3.63, 3.8) is 0 Å². The van der Waals surface area contributed by atoms with E-state index in [-0.39, 0.29) is 0 Å². The fraction of sp³-hybridized carbons (Fsp3) is 0.667. The van der Waals surface area contributed by atoms with Gasteiger partial charge in [-0.25, -0.2) is 4.79 Å². The molecule has 3 N–H and O–H groups in total. The first kappa shape index (κ1) is 13.1. The average Bonchev–Trinajstić information content (AvgIpc) is 2.16. The summed E-state index contributed by atoms with van der Waals surface area (Å²) in [5.74, 6) is -1.25. The van der Waals surface area contributed by atoms with E-state index >= 15 is 0 Å². The Balaban J connectivity index is 4.37. The number of rotatable bonds is 5.